The van der Waals surface area contributed by atoms with Crippen LogP contribution in [0.1, 0.15) is 21.5 Å². The lowest BCUT2D eigenvalue weighted by molar-refractivity contribution is 0.102. The van der Waals surface area contributed by atoms with Crippen LogP contribution >= 0.6 is 31.9 Å². The van der Waals surface area contributed by atoms with Crippen molar-refractivity contribution in [2.45, 2.75) is 13.8 Å². The number of benzene rings is 1. The number of aryl methyl sites for hydroxylation is 2. The fourth-order valence-electron chi connectivity index (χ4n) is 2.02. The van der Waals surface area contributed by atoms with Gasteiger partial charge in [-0.3, -0.25) is 4.79 Å². The first-order valence-corrected chi connectivity index (χ1v) is 7.71. The molecule has 0 saturated carbocycles. The third-order valence-corrected chi connectivity index (χ3v) is 3.86. The van der Waals surface area contributed by atoms with Crippen LogP contribution in [0.25, 0.3) is 0 Å². The van der Waals surface area contributed by atoms with E-state index in [-0.39, 0.29) is 5.91 Å². The van der Waals surface area contributed by atoms with Crippen molar-refractivity contribution in [3.8, 4) is 0 Å². The Morgan fingerprint density at radius 2 is 1.76 bits per heavy atom. The molecular weight excluding hydrogens is 400 g/mol. The summed E-state index contributed by atoms with van der Waals surface area (Å²) in [6.45, 7) is 3.88. The Balaban J connectivity index is 2.37. The van der Waals surface area contributed by atoms with Gasteiger partial charge in [-0.1, -0.05) is 15.9 Å². The number of aromatic nitrogens is 1. The van der Waals surface area contributed by atoms with Gasteiger partial charge in [-0.25, -0.2) is 10.8 Å². The molecule has 0 saturated heterocycles. The quantitative estimate of drug-likeness (QED) is 0.528. The number of carbonyl (C=O) groups is 1. The number of nitrogens with two attached hydrogens (primary N) is 1. The van der Waals surface area contributed by atoms with Gasteiger partial charge in [0.15, 0.2) is 5.82 Å². The maximum absolute atomic E-state index is 12.5. The fraction of sp³-hybridized carbons (Fsp3) is 0.143. The molecule has 0 radical (unpaired) electrons. The zero-order chi connectivity index (χ0) is 15.6. The summed E-state index contributed by atoms with van der Waals surface area (Å²) in [5.41, 5.74) is 5.53. The molecular formula is C14H14Br2N4O. The van der Waals surface area contributed by atoms with Crippen LogP contribution in [0, 0.1) is 13.8 Å². The Bertz CT molecular complexity index is 680. The average molecular weight is 414 g/mol. The van der Waals surface area contributed by atoms with Gasteiger partial charge in [0.2, 0.25) is 0 Å². The lowest BCUT2D eigenvalue weighted by Crippen LogP contribution is -2.19. The molecule has 7 heteroatoms. The Morgan fingerprint density at radius 1 is 1.14 bits per heavy atom. The maximum Gasteiger partial charge on any atom is 0.259 e. The summed E-state index contributed by atoms with van der Waals surface area (Å²) >= 11 is 6.74. The predicted molar refractivity (Wildman–Crippen MR) is 91.3 cm³/mol. The van der Waals surface area contributed by atoms with Gasteiger partial charge in [-0.05, 0) is 59.1 Å². The van der Waals surface area contributed by atoms with Crippen molar-refractivity contribution >= 4 is 49.3 Å². The van der Waals surface area contributed by atoms with Crippen molar-refractivity contribution in [3.05, 3.63) is 50.0 Å². The number of nitrogens with one attached hydrogen (secondary N) is 2. The standard InChI is InChI=1S/C14H14Br2N4O/c1-7-3-9(15)4-8(2)12(7)19-14(21)11-5-10(16)6-18-13(11)20-17/h3-6H,17H2,1-2H3,(H,18,20)(H,19,21). The molecule has 0 aliphatic carbocycles. The number of hydrogen-bond donors (Lipinski definition) is 3. The summed E-state index contributed by atoms with van der Waals surface area (Å²) in [5, 5.41) is 2.91. The van der Waals surface area contributed by atoms with E-state index in [1.807, 2.05) is 26.0 Å². The lowest BCUT2D eigenvalue weighted by atomic mass is 10.1. The second kappa shape index (κ2) is 6.55. The third-order valence-electron chi connectivity index (χ3n) is 2.97. The molecule has 1 amide bonds. The van der Waals surface area contributed by atoms with E-state index in [4.69, 9.17) is 5.84 Å². The first-order valence-electron chi connectivity index (χ1n) is 6.12. The number of anilines is 2. The van der Waals surface area contributed by atoms with Gasteiger partial charge in [0.25, 0.3) is 5.91 Å². The number of hydrazine groups is 1. The minimum absolute atomic E-state index is 0.273. The SMILES string of the molecule is Cc1cc(Br)cc(C)c1NC(=O)c1cc(Br)cnc1NN. The van der Waals surface area contributed by atoms with Gasteiger partial charge in [0.05, 0.1) is 5.56 Å². The molecule has 4 N–H and O–H groups in total. The van der Waals surface area contributed by atoms with Gasteiger partial charge >= 0.3 is 0 Å². The van der Waals surface area contributed by atoms with Crippen molar-refractivity contribution in [3.63, 3.8) is 0 Å². The molecule has 0 bridgehead atoms. The van der Waals surface area contributed by atoms with Crippen LogP contribution in [0.2, 0.25) is 0 Å². The number of carbonyl (C=O) groups excluding carboxylic acids is 1. The van der Waals surface area contributed by atoms with E-state index in [0.29, 0.717) is 15.9 Å². The summed E-state index contributed by atoms with van der Waals surface area (Å²) in [7, 11) is 0. The molecule has 1 aromatic heterocycles. The summed E-state index contributed by atoms with van der Waals surface area (Å²) < 4.78 is 1.68. The molecule has 1 aromatic carbocycles. The predicted octanol–water partition coefficient (Wildman–Crippen LogP) is 3.76. The molecule has 5 nitrogen and oxygen atoms in total. The summed E-state index contributed by atoms with van der Waals surface area (Å²) in [5.74, 6) is 5.45. The van der Waals surface area contributed by atoms with Crippen LogP contribution in [0.3, 0.4) is 0 Å². The topological polar surface area (TPSA) is 80.0 Å². The molecule has 2 rings (SSSR count). The second-order valence-corrected chi connectivity index (χ2v) is 6.39. The van der Waals surface area contributed by atoms with Crippen LogP contribution in [-0.4, -0.2) is 10.9 Å². The van der Waals surface area contributed by atoms with Crippen LogP contribution in [-0.2, 0) is 0 Å². The van der Waals surface area contributed by atoms with Crippen LogP contribution < -0.4 is 16.6 Å². The number of amides is 1. The minimum atomic E-state index is -0.273. The van der Waals surface area contributed by atoms with Gasteiger partial charge in [0, 0.05) is 20.8 Å². The van der Waals surface area contributed by atoms with E-state index in [2.05, 4.69) is 47.6 Å². The highest BCUT2D eigenvalue weighted by molar-refractivity contribution is 9.10. The number of nitrogen functional groups attached to an aromatic ring is 1. The molecule has 0 spiro atoms. The highest BCUT2D eigenvalue weighted by Gasteiger charge is 2.15. The molecule has 0 fully saturated rings. The lowest BCUT2D eigenvalue weighted by Gasteiger charge is -2.14. The summed E-state index contributed by atoms with van der Waals surface area (Å²) in [6.07, 6.45) is 1.57. The monoisotopic (exact) mass is 412 g/mol. The molecule has 0 aliphatic rings. The minimum Gasteiger partial charge on any atom is -0.321 e. The van der Waals surface area contributed by atoms with E-state index in [0.717, 1.165) is 21.3 Å². The molecule has 1 heterocycles. The van der Waals surface area contributed by atoms with E-state index in [9.17, 15) is 4.79 Å². The summed E-state index contributed by atoms with van der Waals surface area (Å²) in [4.78, 5) is 16.5. The van der Waals surface area contributed by atoms with Gasteiger partial charge in [-0.15, -0.1) is 0 Å². The number of rotatable bonds is 3. The van der Waals surface area contributed by atoms with Crippen molar-refractivity contribution < 1.29 is 4.79 Å². The Kier molecular flexibility index (Phi) is 4.97. The van der Waals surface area contributed by atoms with Gasteiger partial charge < -0.3 is 10.7 Å². The van der Waals surface area contributed by atoms with Crippen molar-refractivity contribution in [1.82, 2.24) is 4.98 Å². The number of halogens is 2. The van der Waals surface area contributed by atoms with Crippen LogP contribution in [0.15, 0.2) is 33.3 Å². The first-order chi connectivity index (χ1) is 9.92. The maximum atomic E-state index is 12.5. The third kappa shape index (κ3) is 3.61. The number of hydrogen-bond acceptors (Lipinski definition) is 4. The van der Waals surface area contributed by atoms with Gasteiger partial charge in [0.1, 0.15) is 0 Å². The first kappa shape index (κ1) is 15.9. The molecule has 0 atom stereocenters. The summed E-state index contributed by atoms with van der Waals surface area (Å²) in [6, 6.07) is 5.56. The van der Waals surface area contributed by atoms with Gasteiger partial charge in [-0.2, -0.15) is 0 Å². The molecule has 110 valence electrons. The normalized spacial score (nSPS) is 10.3. The van der Waals surface area contributed by atoms with Crippen LogP contribution in [0.5, 0.6) is 0 Å². The number of nitrogens with zero attached hydrogens (tertiary/aromatic N) is 1. The van der Waals surface area contributed by atoms with Crippen molar-refractivity contribution in [2.75, 3.05) is 10.7 Å². The Hall–Kier alpha value is -1.44. The van der Waals surface area contributed by atoms with Crippen molar-refractivity contribution in [2.24, 2.45) is 5.84 Å². The van der Waals surface area contributed by atoms with Crippen LogP contribution in [0.4, 0.5) is 11.5 Å². The Labute approximate surface area is 139 Å². The largest absolute Gasteiger partial charge is 0.321 e. The zero-order valence-corrected chi connectivity index (χ0v) is 14.7. The van der Waals surface area contributed by atoms with E-state index in [1.165, 1.54) is 0 Å². The number of pyridine rings is 1. The molecule has 0 unspecified atom stereocenters. The average Bonchev–Trinajstić information content (AvgIpc) is 2.42. The van der Waals surface area contributed by atoms with E-state index in [1.54, 1.807) is 12.3 Å². The molecule has 0 aliphatic heterocycles. The van der Waals surface area contributed by atoms with E-state index >= 15 is 0 Å². The zero-order valence-electron chi connectivity index (χ0n) is 11.5. The second-order valence-electron chi connectivity index (χ2n) is 4.56. The molecule has 2 aromatic rings. The van der Waals surface area contributed by atoms with E-state index < -0.39 is 0 Å². The fourth-order valence-corrected chi connectivity index (χ4v) is 3.03. The molecule has 21 heavy (non-hydrogen) atoms. The highest BCUT2D eigenvalue weighted by atomic mass is 79.9. The highest BCUT2D eigenvalue weighted by Crippen LogP contribution is 2.26. The smallest absolute Gasteiger partial charge is 0.259 e. The Morgan fingerprint density at radius 3 is 2.33 bits per heavy atom. The van der Waals surface area contributed by atoms with Crippen molar-refractivity contribution in [1.29, 1.82) is 0 Å².